The molecule has 3 heterocycles. The number of aryl methyl sites for hydroxylation is 1. The lowest BCUT2D eigenvalue weighted by Gasteiger charge is -2.33. The zero-order valence-electron chi connectivity index (χ0n) is 15.8. The van der Waals surface area contributed by atoms with Gasteiger partial charge in [-0.3, -0.25) is 14.6 Å². The van der Waals surface area contributed by atoms with Gasteiger partial charge in [0.1, 0.15) is 0 Å². The standard InChI is InChI=1S/C18H32N6.HI/c1-15-6-4-5-9-23(15)11-8-20-18(19-2)24-10-7-16(14-24)17-12-21-22(3)13-17;/h12-13,15-16H,4-11,14H2,1-3H3,(H,19,20);1H. The van der Waals surface area contributed by atoms with E-state index < -0.39 is 0 Å². The summed E-state index contributed by atoms with van der Waals surface area (Å²) in [7, 11) is 3.88. The highest BCUT2D eigenvalue weighted by Gasteiger charge is 2.27. The normalized spacial score (nSPS) is 25.1. The molecule has 142 valence electrons. The first-order valence-corrected chi connectivity index (χ1v) is 9.35. The van der Waals surface area contributed by atoms with E-state index in [-0.39, 0.29) is 24.0 Å². The number of hydrogen-bond donors (Lipinski definition) is 1. The second kappa shape index (κ2) is 9.75. The van der Waals surface area contributed by atoms with E-state index in [0.29, 0.717) is 5.92 Å². The molecule has 7 heteroatoms. The van der Waals surface area contributed by atoms with Gasteiger partial charge < -0.3 is 10.2 Å². The molecule has 0 radical (unpaired) electrons. The van der Waals surface area contributed by atoms with Crippen LogP contribution in [0.15, 0.2) is 17.4 Å². The van der Waals surface area contributed by atoms with E-state index in [0.717, 1.165) is 38.2 Å². The summed E-state index contributed by atoms with van der Waals surface area (Å²) < 4.78 is 1.89. The minimum absolute atomic E-state index is 0. The maximum absolute atomic E-state index is 4.50. The lowest BCUT2D eigenvalue weighted by atomic mass is 10.0. The van der Waals surface area contributed by atoms with Gasteiger partial charge in [0.05, 0.1) is 6.20 Å². The Balaban J connectivity index is 0.00000225. The van der Waals surface area contributed by atoms with Crippen LogP contribution < -0.4 is 5.32 Å². The second-order valence-corrected chi connectivity index (χ2v) is 7.23. The number of guanidine groups is 1. The van der Waals surface area contributed by atoms with Crippen molar-refractivity contribution in [3.05, 3.63) is 18.0 Å². The Labute approximate surface area is 169 Å². The van der Waals surface area contributed by atoms with Gasteiger partial charge in [-0.25, -0.2) is 0 Å². The number of nitrogens with zero attached hydrogens (tertiary/aromatic N) is 5. The van der Waals surface area contributed by atoms with Crippen molar-refractivity contribution in [3.8, 4) is 0 Å². The summed E-state index contributed by atoms with van der Waals surface area (Å²) in [6, 6.07) is 0.726. The molecule has 1 aromatic heterocycles. The molecule has 2 aliphatic heterocycles. The lowest BCUT2D eigenvalue weighted by Crippen LogP contribution is -2.46. The highest BCUT2D eigenvalue weighted by molar-refractivity contribution is 14.0. The van der Waals surface area contributed by atoms with Crippen LogP contribution in [0.5, 0.6) is 0 Å². The molecule has 2 unspecified atom stereocenters. The molecule has 2 aliphatic rings. The summed E-state index contributed by atoms with van der Waals surface area (Å²) in [5.41, 5.74) is 1.34. The monoisotopic (exact) mass is 460 g/mol. The van der Waals surface area contributed by atoms with Crippen molar-refractivity contribution in [1.82, 2.24) is 24.9 Å². The van der Waals surface area contributed by atoms with Crippen LogP contribution in [0.3, 0.4) is 0 Å². The minimum Gasteiger partial charge on any atom is -0.355 e. The molecule has 0 aromatic carbocycles. The van der Waals surface area contributed by atoms with Crippen molar-refractivity contribution in [1.29, 1.82) is 0 Å². The van der Waals surface area contributed by atoms with Gasteiger partial charge in [0.2, 0.25) is 0 Å². The van der Waals surface area contributed by atoms with Crippen molar-refractivity contribution in [2.45, 2.75) is 44.6 Å². The van der Waals surface area contributed by atoms with Gasteiger partial charge in [-0.1, -0.05) is 6.42 Å². The Hall–Kier alpha value is -0.830. The summed E-state index contributed by atoms with van der Waals surface area (Å²) in [6.07, 6.45) is 9.39. The van der Waals surface area contributed by atoms with E-state index in [1.165, 1.54) is 37.8 Å². The molecular weight excluding hydrogens is 427 g/mol. The van der Waals surface area contributed by atoms with E-state index in [1.807, 2.05) is 25.0 Å². The van der Waals surface area contributed by atoms with E-state index in [4.69, 9.17) is 0 Å². The van der Waals surface area contributed by atoms with Gasteiger partial charge in [-0.2, -0.15) is 5.10 Å². The quantitative estimate of drug-likeness (QED) is 0.426. The van der Waals surface area contributed by atoms with Crippen LogP contribution in [0.2, 0.25) is 0 Å². The number of aromatic nitrogens is 2. The number of halogens is 1. The molecule has 2 atom stereocenters. The van der Waals surface area contributed by atoms with Crippen LogP contribution in [0.4, 0.5) is 0 Å². The Bertz CT molecular complexity index is 558. The van der Waals surface area contributed by atoms with Crippen LogP contribution in [-0.4, -0.2) is 71.4 Å². The lowest BCUT2D eigenvalue weighted by molar-refractivity contribution is 0.163. The Morgan fingerprint density at radius 1 is 1.32 bits per heavy atom. The maximum atomic E-state index is 4.50. The van der Waals surface area contributed by atoms with Crippen LogP contribution in [0, 0.1) is 0 Å². The fraction of sp³-hybridized carbons (Fsp3) is 0.778. The van der Waals surface area contributed by atoms with Crippen molar-refractivity contribution < 1.29 is 0 Å². The van der Waals surface area contributed by atoms with Crippen LogP contribution >= 0.6 is 24.0 Å². The molecule has 0 spiro atoms. The average molecular weight is 460 g/mol. The predicted molar refractivity (Wildman–Crippen MR) is 114 cm³/mol. The third-order valence-corrected chi connectivity index (χ3v) is 5.52. The molecule has 1 aromatic rings. The molecular formula is C18H33IN6. The Morgan fingerprint density at radius 2 is 2.16 bits per heavy atom. The average Bonchev–Trinajstić information content (AvgIpc) is 3.22. The Kier molecular flexibility index (Phi) is 7.99. The Morgan fingerprint density at radius 3 is 2.84 bits per heavy atom. The van der Waals surface area contributed by atoms with Gasteiger partial charge in [0, 0.05) is 58.4 Å². The molecule has 2 fully saturated rings. The fourth-order valence-electron chi connectivity index (χ4n) is 4.01. The van der Waals surface area contributed by atoms with Crippen molar-refractivity contribution >= 4 is 29.9 Å². The summed E-state index contributed by atoms with van der Waals surface area (Å²) in [5.74, 6) is 1.62. The van der Waals surface area contributed by atoms with E-state index in [1.54, 1.807) is 0 Å². The molecule has 0 amide bonds. The number of hydrogen-bond acceptors (Lipinski definition) is 3. The van der Waals surface area contributed by atoms with Gasteiger partial charge in [0.15, 0.2) is 5.96 Å². The van der Waals surface area contributed by atoms with Gasteiger partial charge >= 0.3 is 0 Å². The number of rotatable bonds is 4. The topological polar surface area (TPSA) is 48.7 Å². The highest BCUT2D eigenvalue weighted by atomic mass is 127. The van der Waals surface area contributed by atoms with E-state index >= 15 is 0 Å². The first kappa shape index (κ1) is 20.5. The first-order valence-electron chi connectivity index (χ1n) is 9.35. The second-order valence-electron chi connectivity index (χ2n) is 7.23. The zero-order valence-corrected chi connectivity index (χ0v) is 18.1. The molecule has 0 bridgehead atoms. The number of aliphatic imine (C=N–C) groups is 1. The van der Waals surface area contributed by atoms with Gasteiger partial charge in [-0.05, 0) is 38.3 Å². The molecule has 6 nitrogen and oxygen atoms in total. The summed E-state index contributed by atoms with van der Waals surface area (Å²) in [5, 5.41) is 7.88. The number of nitrogens with one attached hydrogen (secondary N) is 1. The highest BCUT2D eigenvalue weighted by Crippen LogP contribution is 2.26. The summed E-state index contributed by atoms with van der Waals surface area (Å²) in [4.78, 5) is 9.49. The third kappa shape index (κ3) is 5.32. The maximum Gasteiger partial charge on any atom is 0.193 e. The molecule has 25 heavy (non-hydrogen) atoms. The zero-order chi connectivity index (χ0) is 16.9. The minimum atomic E-state index is 0. The van der Waals surface area contributed by atoms with E-state index in [2.05, 4.69) is 38.3 Å². The summed E-state index contributed by atoms with van der Waals surface area (Å²) in [6.45, 7) is 7.79. The van der Waals surface area contributed by atoms with Crippen molar-refractivity contribution in [3.63, 3.8) is 0 Å². The van der Waals surface area contributed by atoms with Crippen LogP contribution in [0.25, 0.3) is 0 Å². The van der Waals surface area contributed by atoms with Gasteiger partial charge in [0.25, 0.3) is 0 Å². The molecule has 0 saturated carbocycles. The SMILES string of the molecule is CN=C(NCCN1CCCCC1C)N1CCC(c2cnn(C)c2)C1.I. The van der Waals surface area contributed by atoms with Crippen molar-refractivity contribution in [2.75, 3.05) is 39.8 Å². The number of piperidine rings is 1. The largest absolute Gasteiger partial charge is 0.355 e. The third-order valence-electron chi connectivity index (χ3n) is 5.52. The predicted octanol–water partition coefficient (Wildman–Crippen LogP) is 2.28. The van der Waals surface area contributed by atoms with Gasteiger partial charge in [-0.15, -0.1) is 24.0 Å². The molecule has 1 N–H and O–H groups in total. The van der Waals surface area contributed by atoms with Crippen molar-refractivity contribution in [2.24, 2.45) is 12.0 Å². The smallest absolute Gasteiger partial charge is 0.193 e. The first-order chi connectivity index (χ1) is 11.7. The molecule has 0 aliphatic carbocycles. The summed E-state index contributed by atoms with van der Waals surface area (Å²) >= 11 is 0. The molecule has 3 rings (SSSR count). The fourth-order valence-corrected chi connectivity index (χ4v) is 4.01. The van der Waals surface area contributed by atoms with Crippen LogP contribution in [0.1, 0.15) is 44.1 Å². The molecule has 2 saturated heterocycles. The number of likely N-dealkylation sites (tertiary alicyclic amines) is 2. The van der Waals surface area contributed by atoms with E-state index in [9.17, 15) is 0 Å². The van der Waals surface area contributed by atoms with Crippen LogP contribution in [-0.2, 0) is 7.05 Å².